The highest BCUT2D eigenvalue weighted by atomic mass is 19.4. The first-order valence-electron chi connectivity index (χ1n) is 10.3. The molecule has 0 aliphatic carbocycles. The molecule has 3 aromatic carbocycles. The van der Waals surface area contributed by atoms with E-state index >= 15 is 0 Å². The van der Waals surface area contributed by atoms with Crippen LogP contribution in [-0.2, 0) is 11.2 Å². The molecule has 0 fully saturated rings. The van der Waals surface area contributed by atoms with Gasteiger partial charge in [0.15, 0.2) is 0 Å². The van der Waals surface area contributed by atoms with Crippen LogP contribution in [0.4, 0.5) is 24.5 Å². The van der Waals surface area contributed by atoms with Gasteiger partial charge in [0.1, 0.15) is 11.5 Å². The summed E-state index contributed by atoms with van der Waals surface area (Å²) in [7, 11) is 0. The number of anilines is 2. The summed E-state index contributed by atoms with van der Waals surface area (Å²) < 4.78 is 45.7. The Hall–Kier alpha value is -4.47. The van der Waals surface area contributed by atoms with Gasteiger partial charge in [0, 0.05) is 16.9 Å². The molecule has 0 saturated carbocycles. The highest BCUT2D eigenvalue weighted by Crippen LogP contribution is 2.24. The molecule has 5 N–H and O–H groups in total. The normalized spacial score (nSPS) is 11.7. The highest BCUT2D eigenvalue weighted by molar-refractivity contribution is 5.92. The molecule has 3 aromatic rings. The molecule has 0 amide bonds. The number of carbonyl (C=O) groups is 2. The standard InChI is InChI=1S/C25H21F3N2O5/c26-25(27,28)35-21-10-5-16(6-11-21)24(33)34-20-8-1-15(2-9-20)13-18(23(31)32)4-3-17-14-19(29)7-12-22(17)30/h1-2,5-14H,3-4,29-30H2,(H,31,32). The Morgan fingerprint density at radius 3 is 2.14 bits per heavy atom. The third-order valence-electron chi connectivity index (χ3n) is 4.86. The largest absolute Gasteiger partial charge is 0.573 e. The lowest BCUT2D eigenvalue weighted by atomic mass is 10.0. The Labute approximate surface area is 198 Å². The SMILES string of the molecule is Nc1ccc(N)c(CCC(=Cc2ccc(OC(=O)c3ccc(OC(F)(F)F)cc3)cc2)C(=O)O)c1. The van der Waals surface area contributed by atoms with Crippen LogP contribution in [0.1, 0.15) is 27.9 Å². The quantitative estimate of drug-likeness (QED) is 0.176. The van der Waals surface area contributed by atoms with Crippen LogP contribution in [0.2, 0.25) is 0 Å². The summed E-state index contributed by atoms with van der Waals surface area (Å²) in [5.41, 5.74) is 14.2. The molecule has 0 heterocycles. The molecular weight excluding hydrogens is 465 g/mol. The van der Waals surface area contributed by atoms with Gasteiger partial charge in [-0.3, -0.25) is 0 Å². The fraction of sp³-hybridized carbons (Fsp3) is 0.120. The zero-order valence-corrected chi connectivity index (χ0v) is 18.2. The summed E-state index contributed by atoms with van der Waals surface area (Å²) in [4.78, 5) is 23.9. The van der Waals surface area contributed by atoms with Crippen molar-refractivity contribution in [2.24, 2.45) is 0 Å². The van der Waals surface area contributed by atoms with Crippen LogP contribution < -0.4 is 20.9 Å². The summed E-state index contributed by atoms with van der Waals surface area (Å²) >= 11 is 0. The smallest absolute Gasteiger partial charge is 0.478 e. The van der Waals surface area contributed by atoms with Crippen LogP contribution in [0.3, 0.4) is 0 Å². The van der Waals surface area contributed by atoms with Crippen molar-refractivity contribution in [3.05, 3.63) is 89.0 Å². The number of esters is 1. The van der Waals surface area contributed by atoms with Crippen molar-refractivity contribution in [3.63, 3.8) is 0 Å². The molecule has 0 bridgehead atoms. The van der Waals surface area contributed by atoms with Gasteiger partial charge in [0.25, 0.3) is 0 Å². The molecule has 0 aromatic heterocycles. The molecule has 0 aliphatic rings. The number of carboxylic acid groups (broad SMARTS) is 1. The molecule has 0 saturated heterocycles. The van der Waals surface area contributed by atoms with Crippen molar-refractivity contribution in [2.45, 2.75) is 19.2 Å². The maximum atomic E-state index is 12.2. The van der Waals surface area contributed by atoms with Crippen molar-refractivity contribution in [1.82, 2.24) is 0 Å². The number of benzene rings is 3. The van der Waals surface area contributed by atoms with Crippen LogP contribution in [0.5, 0.6) is 11.5 Å². The lowest BCUT2D eigenvalue weighted by Gasteiger charge is -2.09. The number of ether oxygens (including phenoxy) is 2. The second-order valence-electron chi connectivity index (χ2n) is 7.46. The molecule has 0 unspecified atom stereocenters. The van der Waals surface area contributed by atoms with E-state index in [1.807, 2.05) is 0 Å². The average molecular weight is 486 g/mol. The second kappa shape index (κ2) is 10.6. The van der Waals surface area contributed by atoms with Gasteiger partial charge in [-0.1, -0.05) is 12.1 Å². The van der Waals surface area contributed by atoms with Crippen LogP contribution in [0.25, 0.3) is 6.08 Å². The predicted molar refractivity (Wildman–Crippen MR) is 124 cm³/mol. The lowest BCUT2D eigenvalue weighted by molar-refractivity contribution is -0.274. The Morgan fingerprint density at radius 1 is 0.914 bits per heavy atom. The summed E-state index contributed by atoms with van der Waals surface area (Å²) in [5.74, 6) is -2.15. The summed E-state index contributed by atoms with van der Waals surface area (Å²) in [5, 5.41) is 9.55. The number of carboxylic acids is 1. The molecule has 3 rings (SSSR count). The minimum absolute atomic E-state index is 0.0254. The number of carbonyl (C=O) groups excluding carboxylic acids is 1. The monoisotopic (exact) mass is 486 g/mol. The van der Waals surface area contributed by atoms with Gasteiger partial charge in [-0.15, -0.1) is 13.2 Å². The van der Waals surface area contributed by atoms with Gasteiger partial charge < -0.3 is 26.0 Å². The fourth-order valence-corrected chi connectivity index (χ4v) is 3.14. The van der Waals surface area contributed by atoms with Gasteiger partial charge in [-0.05, 0) is 84.6 Å². The van der Waals surface area contributed by atoms with Crippen LogP contribution in [-0.4, -0.2) is 23.4 Å². The minimum Gasteiger partial charge on any atom is -0.478 e. The predicted octanol–water partition coefficient (Wildman–Crippen LogP) is 5.07. The van der Waals surface area contributed by atoms with E-state index in [0.29, 0.717) is 23.4 Å². The van der Waals surface area contributed by atoms with Gasteiger partial charge in [0.05, 0.1) is 5.56 Å². The van der Waals surface area contributed by atoms with E-state index in [4.69, 9.17) is 16.2 Å². The number of nitrogen functional groups attached to an aromatic ring is 2. The zero-order chi connectivity index (χ0) is 25.6. The van der Waals surface area contributed by atoms with Gasteiger partial charge >= 0.3 is 18.3 Å². The topological polar surface area (TPSA) is 125 Å². The van der Waals surface area contributed by atoms with Crippen molar-refractivity contribution in [2.75, 3.05) is 11.5 Å². The molecular formula is C25H21F3N2O5. The number of hydrogen-bond donors (Lipinski definition) is 3. The maximum Gasteiger partial charge on any atom is 0.573 e. The second-order valence-corrected chi connectivity index (χ2v) is 7.46. The van der Waals surface area contributed by atoms with Crippen LogP contribution in [0.15, 0.2) is 72.3 Å². The maximum absolute atomic E-state index is 12.2. The number of nitrogens with two attached hydrogens (primary N) is 2. The minimum atomic E-state index is -4.83. The van der Waals surface area contributed by atoms with Crippen LogP contribution >= 0.6 is 0 Å². The first kappa shape index (κ1) is 25.2. The Kier molecular flexibility index (Phi) is 7.65. The molecule has 0 spiro atoms. The van der Waals surface area contributed by atoms with E-state index in [2.05, 4.69) is 4.74 Å². The first-order valence-corrected chi connectivity index (χ1v) is 10.3. The zero-order valence-electron chi connectivity index (χ0n) is 18.2. The molecule has 182 valence electrons. The van der Waals surface area contributed by atoms with E-state index in [-0.39, 0.29) is 23.3 Å². The van der Waals surface area contributed by atoms with Crippen molar-refractivity contribution >= 4 is 29.4 Å². The first-order chi connectivity index (χ1) is 16.5. The van der Waals surface area contributed by atoms with E-state index < -0.39 is 24.1 Å². The lowest BCUT2D eigenvalue weighted by Crippen LogP contribution is -2.17. The van der Waals surface area contributed by atoms with Gasteiger partial charge in [0.2, 0.25) is 0 Å². The van der Waals surface area contributed by atoms with Crippen molar-refractivity contribution in [3.8, 4) is 11.5 Å². The third kappa shape index (κ3) is 7.53. The van der Waals surface area contributed by atoms with Gasteiger partial charge in [-0.2, -0.15) is 0 Å². The molecule has 7 nitrogen and oxygen atoms in total. The summed E-state index contributed by atoms with van der Waals surface area (Å²) in [6, 6.07) is 15.4. The van der Waals surface area contributed by atoms with Crippen molar-refractivity contribution < 1.29 is 37.3 Å². The van der Waals surface area contributed by atoms with E-state index in [1.54, 1.807) is 30.3 Å². The van der Waals surface area contributed by atoms with Gasteiger partial charge in [-0.25, -0.2) is 9.59 Å². The third-order valence-corrected chi connectivity index (χ3v) is 4.86. The molecule has 35 heavy (non-hydrogen) atoms. The number of alkyl halides is 3. The highest BCUT2D eigenvalue weighted by Gasteiger charge is 2.31. The summed E-state index contributed by atoms with van der Waals surface area (Å²) in [6.07, 6.45) is -2.73. The van der Waals surface area contributed by atoms with E-state index in [1.165, 1.54) is 18.2 Å². The van der Waals surface area contributed by atoms with E-state index in [0.717, 1.165) is 29.8 Å². The number of aliphatic carboxylic acids is 1. The average Bonchev–Trinajstić information content (AvgIpc) is 2.79. The Balaban J connectivity index is 1.64. The summed E-state index contributed by atoms with van der Waals surface area (Å²) in [6.45, 7) is 0. The number of rotatable bonds is 8. The number of hydrogen-bond acceptors (Lipinski definition) is 6. The number of aryl methyl sites for hydroxylation is 1. The molecule has 0 aliphatic heterocycles. The molecule has 10 heteroatoms. The number of halogens is 3. The van der Waals surface area contributed by atoms with Crippen LogP contribution in [0, 0.1) is 0 Å². The Bertz CT molecular complexity index is 1240. The van der Waals surface area contributed by atoms with Crippen molar-refractivity contribution in [1.29, 1.82) is 0 Å². The Morgan fingerprint density at radius 2 is 1.54 bits per heavy atom. The molecule has 0 radical (unpaired) electrons. The fourth-order valence-electron chi connectivity index (χ4n) is 3.14. The van der Waals surface area contributed by atoms with E-state index in [9.17, 15) is 27.9 Å². The molecule has 0 atom stereocenters.